The van der Waals surface area contributed by atoms with Crippen LogP contribution >= 0.6 is 0 Å². The van der Waals surface area contributed by atoms with Crippen molar-refractivity contribution in [2.45, 2.75) is 66.0 Å². The number of para-hydroxylation sites is 1. The Balaban J connectivity index is 2.28. The summed E-state index contributed by atoms with van der Waals surface area (Å²) in [4.78, 5) is 24.6. The summed E-state index contributed by atoms with van der Waals surface area (Å²) in [6.45, 7) is 8.55. The molecule has 1 atom stereocenters. The van der Waals surface area contributed by atoms with E-state index in [0.717, 1.165) is 30.3 Å². The van der Waals surface area contributed by atoms with Crippen molar-refractivity contribution in [3.8, 4) is 0 Å². The highest BCUT2D eigenvalue weighted by atomic mass is 16.2. The van der Waals surface area contributed by atoms with Crippen LogP contribution in [0.1, 0.15) is 63.9 Å². The Morgan fingerprint density at radius 3 is 2.50 bits per heavy atom. The fourth-order valence-corrected chi connectivity index (χ4v) is 3.07. The second-order valence-electron chi connectivity index (χ2n) is 7.82. The smallest absolute Gasteiger partial charge is 0.273 e. The zero-order chi connectivity index (χ0) is 19.3. The molecule has 6 heteroatoms. The van der Waals surface area contributed by atoms with Crippen molar-refractivity contribution in [1.29, 1.82) is 0 Å². The average molecular weight is 358 g/mol. The number of hydrogen-bond donors (Lipinski definition) is 2. The molecule has 2 amide bonds. The molecule has 0 bridgehead atoms. The second kappa shape index (κ2) is 8.34. The van der Waals surface area contributed by atoms with Gasteiger partial charge in [-0.1, -0.05) is 65.2 Å². The minimum atomic E-state index is -0.761. The normalized spacial score (nSPS) is 12.9. The number of amides is 2. The number of aryl methyl sites for hydroxylation is 1. The van der Waals surface area contributed by atoms with Gasteiger partial charge in [0.05, 0.1) is 5.52 Å². The quantitative estimate of drug-likeness (QED) is 0.710. The van der Waals surface area contributed by atoms with Gasteiger partial charge in [-0.05, 0) is 17.9 Å². The molecule has 2 rings (SSSR count). The van der Waals surface area contributed by atoms with Gasteiger partial charge in [0.25, 0.3) is 5.91 Å². The predicted molar refractivity (Wildman–Crippen MR) is 104 cm³/mol. The number of benzene rings is 1. The lowest BCUT2D eigenvalue weighted by atomic mass is 9.86. The zero-order valence-electron chi connectivity index (χ0n) is 16.2. The van der Waals surface area contributed by atoms with Gasteiger partial charge in [-0.25, -0.2) is 0 Å². The summed E-state index contributed by atoms with van der Waals surface area (Å²) >= 11 is 0. The van der Waals surface area contributed by atoms with Gasteiger partial charge in [0.15, 0.2) is 5.69 Å². The second-order valence-corrected chi connectivity index (χ2v) is 7.82. The van der Waals surface area contributed by atoms with Gasteiger partial charge in [0.1, 0.15) is 6.04 Å². The first-order valence-electron chi connectivity index (χ1n) is 9.31. The van der Waals surface area contributed by atoms with Crippen LogP contribution in [0.15, 0.2) is 24.3 Å². The Morgan fingerprint density at radius 2 is 1.88 bits per heavy atom. The van der Waals surface area contributed by atoms with Crippen molar-refractivity contribution < 1.29 is 9.59 Å². The number of fused-ring (bicyclic) bond motifs is 1. The molecule has 26 heavy (non-hydrogen) atoms. The molecule has 6 nitrogen and oxygen atoms in total. The van der Waals surface area contributed by atoms with Crippen molar-refractivity contribution in [3.63, 3.8) is 0 Å². The van der Waals surface area contributed by atoms with Crippen molar-refractivity contribution in [3.05, 3.63) is 30.0 Å². The number of carbonyl (C=O) groups is 2. The first kappa shape index (κ1) is 19.9. The van der Waals surface area contributed by atoms with Gasteiger partial charge in [-0.15, -0.1) is 0 Å². The van der Waals surface area contributed by atoms with E-state index in [1.165, 1.54) is 12.8 Å². The monoisotopic (exact) mass is 358 g/mol. The van der Waals surface area contributed by atoms with Crippen molar-refractivity contribution in [1.82, 2.24) is 15.1 Å². The third kappa shape index (κ3) is 4.62. The van der Waals surface area contributed by atoms with E-state index in [9.17, 15) is 9.59 Å². The summed E-state index contributed by atoms with van der Waals surface area (Å²) in [5.41, 5.74) is 6.28. The van der Waals surface area contributed by atoms with Crippen LogP contribution in [-0.2, 0) is 11.3 Å². The Kier molecular flexibility index (Phi) is 6.40. The third-order valence-electron chi connectivity index (χ3n) is 4.52. The van der Waals surface area contributed by atoms with E-state index in [2.05, 4.69) is 17.3 Å². The van der Waals surface area contributed by atoms with E-state index in [4.69, 9.17) is 5.73 Å². The fourth-order valence-electron chi connectivity index (χ4n) is 3.07. The van der Waals surface area contributed by atoms with Gasteiger partial charge in [-0.2, -0.15) is 5.10 Å². The molecule has 1 aromatic carbocycles. The van der Waals surface area contributed by atoms with Gasteiger partial charge >= 0.3 is 0 Å². The molecular formula is C20H30N4O2. The lowest BCUT2D eigenvalue weighted by Gasteiger charge is -2.28. The Bertz CT molecular complexity index is 774. The van der Waals surface area contributed by atoms with Crippen LogP contribution < -0.4 is 11.1 Å². The SMILES string of the molecule is CCCCCCn1nc(C(=O)N[C@H](C(N)=O)C(C)(C)C)c2ccccc21. The third-order valence-corrected chi connectivity index (χ3v) is 4.52. The van der Waals surface area contributed by atoms with Crippen molar-refractivity contribution in [2.24, 2.45) is 11.1 Å². The molecule has 0 saturated heterocycles. The van der Waals surface area contributed by atoms with E-state index in [1.807, 2.05) is 49.7 Å². The van der Waals surface area contributed by atoms with Crippen LogP contribution in [0.3, 0.4) is 0 Å². The van der Waals surface area contributed by atoms with Gasteiger partial charge in [-0.3, -0.25) is 14.3 Å². The maximum atomic E-state index is 12.8. The number of nitrogens with one attached hydrogen (secondary N) is 1. The molecule has 0 aliphatic rings. The molecule has 0 spiro atoms. The van der Waals surface area contributed by atoms with Gasteiger partial charge in [0, 0.05) is 11.9 Å². The molecule has 3 N–H and O–H groups in total. The maximum absolute atomic E-state index is 12.8. The first-order valence-corrected chi connectivity index (χ1v) is 9.31. The molecule has 142 valence electrons. The number of unbranched alkanes of at least 4 members (excludes halogenated alkanes) is 3. The molecule has 0 aliphatic heterocycles. The zero-order valence-corrected chi connectivity index (χ0v) is 16.2. The van der Waals surface area contributed by atoms with Crippen LogP contribution in [0.5, 0.6) is 0 Å². The average Bonchev–Trinajstić information content (AvgIpc) is 2.94. The molecule has 0 saturated carbocycles. The number of hydrogen-bond acceptors (Lipinski definition) is 3. The van der Waals surface area contributed by atoms with Gasteiger partial charge < -0.3 is 11.1 Å². The summed E-state index contributed by atoms with van der Waals surface area (Å²) in [5, 5.41) is 8.09. The maximum Gasteiger partial charge on any atom is 0.273 e. The summed E-state index contributed by atoms with van der Waals surface area (Å²) in [7, 11) is 0. The van der Waals surface area contributed by atoms with E-state index < -0.39 is 17.4 Å². The number of rotatable bonds is 8. The highest BCUT2D eigenvalue weighted by molar-refractivity contribution is 6.06. The van der Waals surface area contributed by atoms with E-state index in [0.29, 0.717) is 5.69 Å². The van der Waals surface area contributed by atoms with E-state index in [1.54, 1.807) is 0 Å². The number of primary amides is 1. The fraction of sp³-hybridized carbons (Fsp3) is 0.550. The number of carbonyl (C=O) groups excluding carboxylic acids is 2. The highest BCUT2D eigenvalue weighted by Gasteiger charge is 2.32. The van der Waals surface area contributed by atoms with Crippen molar-refractivity contribution in [2.75, 3.05) is 0 Å². The van der Waals surface area contributed by atoms with Gasteiger partial charge in [0.2, 0.25) is 5.91 Å². The van der Waals surface area contributed by atoms with Crippen LogP contribution in [-0.4, -0.2) is 27.6 Å². The lowest BCUT2D eigenvalue weighted by Crippen LogP contribution is -2.52. The molecule has 0 aliphatic carbocycles. The minimum absolute atomic E-state index is 0.339. The predicted octanol–water partition coefficient (Wildman–Crippen LogP) is 3.25. The lowest BCUT2D eigenvalue weighted by molar-refractivity contribution is -0.122. The highest BCUT2D eigenvalue weighted by Crippen LogP contribution is 2.22. The topological polar surface area (TPSA) is 90.0 Å². The molecule has 1 heterocycles. The van der Waals surface area contributed by atoms with Crippen LogP contribution in [0.25, 0.3) is 10.9 Å². The van der Waals surface area contributed by atoms with Crippen molar-refractivity contribution >= 4 is 22.7 Å². The van der Waals surface area contributed by atoms with Crippen LogP contribution in [0.4, 0.5) is 0 Å². The summed E-state index contributed by atoms with van der Waals surface area (Å²) in [6.07, 6.45) is 4.53. The Morgan fingerprint density at radius 1 is 1.19 bits per heavy atom. The van der Waals surface area contributed by atoms with Crippen LogP contribution in [0, 0.1) is 5.41 Å². The first-order chi connectivity index (χ1) is 12.3. The minimum Gasteiger partial charge on any atom is -0.368 e. The molecular weight excluding hydrogens is 328 g/mol. The molecule has 2 aromatic rings. The number of nitrogens with zero attached hydrogens (tertiary/aromatic N) is 2. The molecule has 0 unspecified atom stereocenters. The summed E-state index contributed by atoms with van der Waals surface area (Å²) in [6, 6.07) is 6.92. The molecule has 0 radical (unpaired) electrons. The Labute approximate surface area is 155 Å². The Hall–Kier alpha value is -2.37. The van der Waals surface area contributed by atoms with Crippen LogP contribution in [0.2, 0.25) is 0 Å². The summed E-state index contributed by atoms with van der Waals surface area (Å²) in [5.74, 6) is -0.915. The molecule has 0 fully saturated rings. The van der Waals surface area contributed by atoms with E-state index >= 15 is 0 Å². The standard InChI is InChI=1S/C20H30N4O2/c1-5-6-7-10-13-24-15-12-9-8-11-14(15)16(23-24)19(26)22-17(18(21)25)20(2,3)4/h8-9,11-12,17H,5-7,10,13H2,1-4H3,(H2,21,25)(H,22,26)/t17-/m1/s1. The number of aromatic nitrogens is 2. The summed E-state index contributed by atoms with van der Waals surface area (Å²) < 4.78 is 1.89. The number of nitrogens with two attached hydrogens (primary N) is 1. The largest absolute Gasteiger partial charge is 0.368 e. The molecule has 1 aromatic heterocycles. The van der Waals surface area contributed by atoms with E-state index in [-0.39, 0.29) is 5.91 Å².